The minimum absolute atomic E-state index is 0.292. The Hall–Kier alpha value is -1.26. The molecule has 0 spiro atoms. The third kappa shape index (κ3) is 3.37. The van der Waals surface area contributed by atoms with E-state index in [1.54, 1.807) is 14.2 Å². The van der Waals surface area contributed by atoms with Crippen molar-refractivity contribution in [2.45, 2.75) is 13.0 Å². The third-order valence-corrected chi connectivity index (χ3v) is 3.23. The molecule has 18 heavy (non-hydrogen) atoms. The first-order valence-electron chi connectivity index (χ1n) is 6.24. The number of rotatable bonds is 7. The van der Waals surface area contributed by atoms with Crippen LogP contribution in [0.15, 0.2) is 18.2 Å². The van der Waals surface area contributed by atoms with Gasteiger partial charge in [0.05, 0.1) is 20.3 Å². The second-order valence-corrected chi connectivity index (χ2v) is 4.25. The highest BCUT2D eigenvalue weighted by Gasteiger charge is 2.19. The molecular weight excluding hydrogens is 228 g/mol. The van der Waals surface area contributed by atoms with Crippen LogP contribution in [0.5, 0.6) is 11.5 Å². The van der Waals surface area contributed by atoms with Crippen LogP contribution in [0.4, 0.5) is 0 Å². The van der Waals surface area contributed by atoms with Gasteiger partial charge in [0.15, 0.2) is 0 Å². The minimum atomic E-state index is 0.292. The van der Waals surface area contributed by atoms with Gasteiger partial charge in [-0.2, -0.15) is 0 Å². The Kier molecular flexibility index (Phi) is 5.95. The van der Waals surface area contributed by atoms with Crippen LogP contribution in [-0.4, -0.2) is 46.3 Å². The Bertz CT molecular complexity index is 369. The lowest BCUT2D eigenvalue weighted by Crippen LogP contribution is -2.32. The van der Waals surface area contributed by atoms with Crippen LogP contribution in [-0.2, 0) is 0 Å². The van der Waals surface area contributed by atoms with E-state index in [1.165, 1.54) is 5.56 Å². The first-order valence-corrected chi connectivity index (χ1v) is 6.24. The Morgan fingerprint density at radius 2 is 2.00 bits per heavy atom. The van der Waals surface area contributed by atoms with Crippen molar-refractivity contribution in [3.8, 4) is 11.5 Å². The van der Waals surface area contributed by atoms with Crippen LogP contribution in [0.1, 0.15) is 18.5 Å². The second-order valence-electron chi connectivity index (χ2n) is 4.25. The largest absolute Gasteiger partial charge is 0.497 e. The van der Waals surface area contributed by atoms with E-state index in [9.17, 15) is 0 Å². The van der Waals surface area contributed by atoms with Crippen molar-refractivity contribution in [3.05, 3.63) is 23.8 Å². The molecule has 0 saturated carbocycles. The first kappa shape index (κ1) is 14.8. The van der Waals surface area contributed by atoms with Gasteiger partial charge in [-0.15, -0.1) is 0 Å². The Morgan fingerprint density at radius 3 is 2.50 bits per heavy atom. The van der Waals surface area contributed by atoms with Gasteiger partial charge in [0.2, 0.25) is 0 Å². The van der Waals surface area contributed by atoms with Crippen molar-refractivity contribution in [3.63, 3.8) is 0 Å². The monoisotopic (exact) mass is 252 g/mol. The number of ether oxygens (including phenoxy) is 2. The highest BCUT2D eigenvalue weighted by atomic mass is 16.5. The quantitative estimate of drug-likeness (QED) is 0.804. The van der Waals surface area contributed by atoms with Crippen LogP contribution in [0.2, 0.25) is 0 Å². The van der Waals surface area contributed by atoms with E-state index >= 15 is 0 Å². The summed E-state index contributed by atoms with van der Waals surface area (Å²) in [5, 5.41) is 3.23. The number of hydrogen-bond acceptors (Lipinski definition) is 4. The van der Waals surface area contributed by atoms with E-state index in [2.05, 4.69) is 30.3 Å². The number of methoxy groups -OCH3 is 2. The maximum absolute atomic E-state index is 5.48. The summed E-state index contributed by atoms with van der Waals surface area (Å²) in [6.07, 6.45) is 0. The first-order chi connectivity index (χ1) is 8.67. The summed E-state index contributed by atoms with van der Waals surface area (Å²) >= 11 is 0. The Balaban J connectivity index is 3.10. The summed E-state index contributed by atoms with van der Waals surface area (Å²) in [6, 6.07) is 6.28. The maximum Gasteiger partial charge on any atom is 0.127 e. The summed E-state index contributed by atoms with van der Waals surface area (Å²) in [7, 11) is 7.44. The molecule has 4 heteroatoms. The molecule has 0 heterocycles. The van der Waals surface area contributed by atoms with Gasteiger partial charge in [0.1, 0.15) is 11.5 Å². The number of likely N-dealkylation sites (N-methyl/N-ethyl adjacent to an activating group) is 2. The van der Waals surface area contributed by atoms with Crippen molar-refractivity contribution < 1.29 is 9.47 Å². The Labute approximate surface area is 110 Å². The standard InChI is InChI=1S/C14H24N2O2/c1-6-16(3)13(10-15-2)12-8-7-11(17-4)9-14(12)18-5/h7-9,13,15H,6,10H2,1-5H3. The molecule has 0 amide bonds. The van der Waals surface area contributed by atoms with Crippen LogP contribution in [0.25, 0.3) is 0 Å². The zero-order valence-electron chi connectivity index (χ0n) is 12.0. The topological polar surface area (TPSA) is 33.7 Å². The van der Waals surface area contributed by atoms with Gasteiger partial charge in [-0.1, -0.05) is 13.0 Å². The molecule has 1 aromatic rings. The average Bonchev–Trinajstić information content (AvgIpc) is 2.43. The van der Waals surface area contributed by atoms with E-state index in [1.807, 2.05) is 19.2 Å². The van der Waals surface area contributed by atoms with Crippen molar-refractivity contribution in [1.82, 2.24) is 10.2 Å². The lowest BCUT2D eigenvalue weighted by Gasteiger charge is -2.28. The molecular formula is C14H24N2O2. The lowest BCUT2D eigenvalue weighted by molar-refractivity contribution is 0.247. The minimum Gasteiger partial charge on any atom is -0.497 e. The van der Waals surface area contributed by atoms with Gasteiger partial charge in [0.25, 0.3) is 0 Å². The van der Waals surface area contributed by atoms with Gasteiger partial charge < -0.3 is 14.8 Å². The summed E-state index contributed by atoms with van der Waals surface area (Å²) < 4.78 is 10.7. The zero-order valence-corrected chi connectivity index (χ0v) is 12.0. The third-order valence-electron chi connectivity index (χ3n) is 3.23. The van der Waals surface area contributed by atoms with E-state index < -0.39 is 0 Å². The molecule has 0 aliphatic carbocycles. The molecule has 1 aromatic carbocycles. The van der Waals surface area contributed by atoms with E-state index in [-0.39, 0.29) is 0 Å². The van der Waals surface area contributed by atoms with Gasteiger partial charge >= 0.3 is 0 Å². The number of nitrogens with one attached hydrogen (secondary N) is 1. The van der Waals surface area contributed by atoms with Crippen molar-refractivity contribution in [2.75, 3.05) is 41.4 Å². The van der Waals surface area contributed by atoms with Crippen LogP contribution in [0, 0.1) is 0 Å². The number of hydrogen-bond donors (Lipinski definition) is 1. The molecule has 0 radical (unpaired) electrons. The molecule has 0 bridgehead atoms. The number of benzene rings is 1. The molecule has 1 rings (SSSR count). The SMILES string of the molecule is CCN(C)C(CNC)c1ccc(OC)cc1OC. The van der Waals surface area contributed by atoms with Gasteiger partial charge in [-0.3, -0.25) is 4.90 Å². The lowest BCUT2D eigenvalue weighted by atomic mass is 10.0. The van der Waals surface area contributed by atoms with E-state index in [0.717, 1.165) is 24.6 Å². The molecule has 0 aromatic heterocycles. The van der Waals surface area contributed by atoms with Gasteiger partial charge in [0, 0.05) is 18.2 Å². The highest BCUT2D eigenvalue weighted by molar-refractivity contribution is 5.42. The van der Waals surface area contributed by atoms with Crippen molar-refractivity contribution in [1.29, 1.82) is 0 Å². The fourth-order valence-electron chi connectivity index (χ4n) is 2.01. The van der Waals surface area contributed by atoms with E-state index in [4.69, 9.17) is 9.47 Å². The second kappa shape index (κ2) is 7.24. The summed E-state index contributed by atoms with van der Waals surface area (Å²) in [5.74, 6) is 1.69. The fraction of sp³-hybridized carbons (Fsp3) is 0.571. The van der Waals surface area contributed by atoms with Crippen molar-refractivity contribution in [2.24, 2.45) is 0 Å². The predicted molar refractivity (Wildman–Crippen MR) is 74.5 cm³/mol. The number of nitrogens with zero attached hydrogens (tertiary/aromatic N) is 1. The smallest absolute Gasteiger partial charge is 0.127 e. The summed E-state index contributed by atoms with van der Waals surface area (Å²) in [6.45, 7) is 4.02. The summed E-state index contributed by atoms with van der Waals surface area (Å²) in [5.41, 5.74) is 1.18. The molecule has 0 aliphatic heterocycles. The molecule has 0 aliphatic rings. The maximum atomic E-state index is 5.48. The zero-order chi connectivity index (χ0) is 13.5. The van der Waals surface area contributed by atoms with Gasteiger partial charge in [-0.25, -0.2) is 0 Å². The molecule has 1 N–H and O–H groups in total. The molecule has 0 saturated heterocycles. The molecule has 1 atom stereocenters. The normalized spacial score (nSPS) is 12.6. The Morgan fingerprint density at radius 1 is 1.28 bits per heavy atom. The van der Waals surface area contributed by atoms with E-state index in [0.29, 0.717) is 6.04 Å². The van der Waals surface area contributed by atoms with Crippen LogP contribution < -0.4 is 14.8 Å². The van der Waals surface area contributed by atoms with Crippen LogP contribution in [0.3, 0.4) is 0 Å². The fourth-order valence-corrected chi connectivity index (χ4v) is 2.01. The average molecular weight is 252 g/mol. The summed E-state index contributed by atoms with van der Waals surface area (Å²) in [4.78, 5) is 2.29. The predicted octanol–water partition coefficient (Wildman–Crippen LogP) is 1.92. The van der Waals surface area contributed by atoms with Crippen LogP contribution >= 0.6 is 0 Å². The molecule has 102 valence electrons. The van der Waals surface area contributed by atoms with Gasteiger partial charge in [-0.05, 0) is 26.7 Å². The molecule has 4 nitrogen and oxygen atoms in total. The molecule has 1 unspecified atom stereocenters. The van der Waals surface area contributed by atoms with Crippen molar-refractivity contribution >= 4 is 0 Å². The molecule has 0 fully saturated rings. The highest BCUT2D eigenvalue weighted by Crippen LogP contribution is 2.31.